The number of aromatic nitrogens is 3. The zero-order valence-electron chi connectivity index (χ0n) is 14.8. The molecular formula is C20H20ClN5O. The van der Waals surface area contributed by atoms with Crippen molar-refractivity contribution in [3.05, 3.63) is 77.3 Å². The van der Waals surface area contributed by atoms with Crippen LogP contribution in [0.4, 0.5) is 5.69 Å². The molecule has 1 fully saturated rings. The van der Waals surface area contributed by atoms with Gasteiger partial charge in [0.15, 0.2) is 0 Å². The van der Waals surface area contributed by atoms with Crippen molar-refractivity contribution < 1.29 is 4.79 Å². The number of hydrogen-bond donors (Lipinski definition) is 0. The minimum Gasteiger partial charge on any atom is -0.368 e. The van der Waals surface area contributed by atoms with Crippen LogP contribution >= 0.6 is 11.6 Å². The fourth-order valence-electron chi connectivity index (χ4n) is 3.26. The molecule has 0 bridgehead atoms. The van der Waals surface area contributed by atoms with Gasteiger partial charge in [-0.3, -0.25) is 4.79 Å². The number of piperazine rings is 1. The van der Waals surface area contributed by atoms with Crippen LogP contribution in [0.15, 0.2) is 61.2 Å². The summed E-state index contributed by atoms with van der Waals surface area (Å²) in [6, 6.07) is 15.6. The topological polar surface area (TPSA) is 54.3 Å². The summed E-state index contributed by atoms with van der Waals surface area (Å²) in [4.78, 5) is 20.9. The maximum atomic E-state index is 12.8. The molecule has 0 radical (unpaired) electrons. The summed E-state index contributed by atoms with van der Waals surface area (Å²) in [6.45, 7) is 3.70. The van der Waals surface area contributed by atoms with Crippen molar-refractivity contribution in [2.24, 2.45) is 0 Å². The van der Waals surface area contributed by atoms with E-state index >= 15 is 0 Å². The van der Waals surface area contributed by atoms with Gasteiger partial charge in [-0.15, -0.1) is 0 Å². The molecule has 6 nitrogen and oxygen atoms in total. The Kier molecular flexibility index (Phi) is 5.07. The molecule has 1 aliphatic rings. The molecule has 1 aromatic heterocycles. The van der Waals surface area contributed by atoms with Gasteiger partial charge >= 0.3 is 0 Å². The van der Waals surface area contributed by atoms with E-state index in [4.69, 9.17) is 11.6 Å². The fourth-order valence-corrected chi connectivity index (χ4v) is 3.38. The second-order valence-corrected chi connectivity index (χ2v) is 6.98. The Bertz CT molecular complexity index is 885. The quantitative estimate of drug-likeness (QED) is 0.697. The molecule has 2 heterocycles. The highest BCUT2D eigenvalue weighted by atomic mass is 35.5. The van der Waals surface area contributed by atoms with E-state index in [2.05, 4.69) is 15.0 Å². The monoisotopic (exact) mass is 381 g/mol. The standard InChI is InChI=1S/C20H20ClN5O/c21-18-5-7-19(8-6-18)24-9-11-25(12-10-24)20(27)17-3-1-16(2-4-17)13-26-15-22-14-23-26/h1-8,14-15H,9-13H2. The Balaban J connectivity index is 1.35. The van der Waals surface area contributed by atoms with E-state index in [0.717, 1.165) is 34.9 Å². The second kappa shape index (κ2) is 7.80. The minimum atomic E-state index is 0.0815. The van der Waals surface area contributed by atoms with Crippen molar-refractivity contribution in [1.82, 2.24) is 19.7 Å². The van der Waals surface area contributed by atoms with Crippen molar-refractivity contribution in [3.8, 4) is 0 Å². The summed E-state index contributed by atoms with van der Waals surface area (Å²) in [6.07, 6.45) is 3.20. The van der Waals surface area contributed by atoms with Crippen LogP contribution in [0.2, 0.25) is 5.02 Å². The first kappa shape index (κ1) is 17.5. The van der Waals surface area contributed by atoms with E-state index in [1.807, 2.05) is 53.4 Å². The molecule has 0 unspecified atom stereocenters. The molecule has 1 saturated heterocycles. The summed E-state index contributed by atoms with van der Waals surface area (Å²) >= 11 is 5.95. The minimum absolute atomic E-state index is 0.0815. The average molecular weight is 382 g/mol. The van der Waals surface area contributed by atoms with Gasteiger partial charge in [0.2, 0.25) is 0 Å². The number of carbonyl (C=O) groups excluding carboxylic acids is 1. The van der Waals surface area contributed by atoms with E-state index in [1.165, 1.54) is 6.33 Å². The van der Waals surface area contributed by atoms with Crippen LogP contribution in [0, 0.1) is 0 Å². The molecule has 1 aliphatic heterocycles. The van der Waals surface area contributed by atoms with Crippen LogP contribution in [-0.4, -0.2) is 51.8 Å². The number of nitrogens with zero attached hydrogens (tertiary/aromatic N) is 5. The summed E-state index contributed by atoms with van der Waals surface area (Å²) in [5, 5.41) is 4.83. The third-order valence-corrected chi connectivity index (χ3v) is 5.02. The highest BCUT2D eigenvalue weighted by molar-refractivity contribution is 6.30. The van der Waals surface area contributed by atoms with Crippen LogP contribution in [0.1, 0.15) is 15.9 Å². The number of halogens is 1. The van der Waals surface area contributed by atoms with Gasteiger partial charge in [0.25, 0.3) is 5.91 Å². The number of anilines is 1. The predicted molar refractivity (Wildman–Crippen MR) is 105 cm³/mol. The van der Waals surface area contributed by atoms with Crippen LogP contribution in [0.25, 0.3) is 0 Å². The second-order valence-electron chi connectivity index (χ2n) is 6.55. The predicted octanol–water partition coefficient (Wildman–Crippen LogP) is 2.94. The molecule has 3 aromatic rings. The van der Waals surface area contributed by atoms with Crippen LogP contribution in [0.5, 0.6) is 0 Å². The lowest BCUT2D eigenvalue weighted by molar-refractivity contribution is 0.0747. The fraction of sp³-hybridized carbons (Fsp3) is 0.250. The molecular weight excluding hydrogens is 362 g/mol. The molecule has 2 aromatic carbocycles. The molecule has 138 valence electrons. The van der Waals surface area contributed by atoms with Crippen molar-refractivity contribution in [2.45, 2.75) is 6.54 Å². The van der Waals surface area contributed by atoms with Gasteiger partial charge in [0, 0.05) is 42.5 Å². The SMILES string of the molecule is O=C(c1ccc(Cn2cncn2)cc1)N1CCN(c2ccc(Cl)cc2)CC1. The van der Waals surface area contributed by atoms with Gasteiger partial charge in [-0.25, -0.2) is 9.67 Å². The molecule has 7 heteroatoms. The average Bonchev–Trinajstić information content (AvgIpc) is 3.22. The van der Waals surface area contributed by atoms with E-state index in [1.54, 1.807) is 11.0 Å². The molecule has 4 rings (SSSR count). The van der Waals surface area contributed by atoms with Crippen molar-refractivity contribution >= 4 is 23.2 Å². The Labute approximate surface area is 163 Å². The van der Waals surface area contributed by atoms with Gasteiger partial charge in [-0.05, 0) is 42.0 Å². The lowest BCUT2D eigenvalue weighted by Crippen LogP contribution is -2.48. The summed E-state index contributed by atoms with van der Waals surface area (Å²) in [5.74, 6) is 0.0815. The number of amides is 1. The normalized spacial score (nSPS) is 14.4. The van der Waals surface area contributed by atoms with Crippen LogP contribution in [-0.2, 0) is 6.54 Å². The first-order valence-electron chi connectivity index (χ1n) is 8.90. The van der Waals surface area contributed by atoms with Crippen molar-refractivity contribution in [3.63, 3.8) is 0 Å². The number of hydrogen-bond acceptors (Lipinski definition) is 4. The summed E-state index contributed by atoms with van der Waals surface area (Å²) < 4.78 is 1.76. The maximum absolute atomic E-state index is 12.8. The summed E-state index contributed by atoms with van der Waals surface area (Å²) in [5.41, 5.74) is 2.95. The largest absolute Gasteiger partial charge is 0.368 e. The Morgan fingerprint density at radius 1 is 0.963 bits per heavy atom. The Hall–Kier alpha value is -2.86. The lowest BCUT2D eigenvalue weighted by atomic mass is 10.1. The van der Waals surface area contributed by atoms with Gasteiger partial charge in [0.05, 0.1) is 6.54 Å². The smallest absolute Gasteiger partial charge is 0.253 e. The molecule has 0 spiro atoms. The molecule has 0 N–H and O–H groups in total. The number of carbonyl (C=O) groups is 1. The Morgan fingerprint density at radius 3 is 2.30 bits per heavy atom. The first-order valence-corrected chi connectivity index (χ1v) is 9.28. The van der Waals surface area contributed by atoms with Crippen LogP contribution < -0.4 is 4.90 Å². The first-order chi connectivity index (χ1) is 13.2. The third kappa shape index (κ3) is 4.11. The number of benzene rings is 2. The molecule has 0 saturated carbocycles. The molecule has 0 aliphatic carbocycles. The molecule has 27 heavy (non-hydrogen) atoms. The highest BCUT2D eigenvalue weighted by Gasteiger charge is 2.22. The lowest BCUT2D eigenvalue weighted by Gasteiger charge is -2.36. The third-order valence-electron chi connectivity index (χ3n) is 4.77. The van der Waals surface area contributed by atoms with Crippen molar-refractivity contribution in [1.29, 1.82) is 0 Å². The summed E-state index contributed by atoms with van der Waals surface area (Å²) in [7, 11) is 0. The van der Waals surface area contributed by atoms with Gasteiger partial charge in [0.1, 0.15) is 12.7 Å². The van der Waals surface area contributed by atoms with Crippen molar-refractivity contribution in [2.75, 3.05) is 31.1 Å². The van der Waals surface area contributed by atoms with E-state index in [-0.39, 0.29) is 5.91 Å². The van der Waals surface area contributed by atoms with Gasteiger partial charge < -0.3 is 9.80 Å². The Morgan fingerprint density at radius 2 is 1.67 bits per heavy atom. The molecule has 1 amide bonds. The zero-order valence-corrected chi connectivity index (χ0v) is 15.6. The molecule has 0 atom stereocenters. The van der Waals surface area contributed by atoms with Gasteiger partial charge in [-0.1, -0.05) is 23.7 Å². The van der Waals surface area contributed by atoms with E-state index in [0.29, 0.717) is 19.6 Å². The van der Waals surface area contributed by atoms with E-state index < -0.39 is 0 Å². The van der Waals surface area contributed by atoms with Crippen LogP contribution in [0.3, 0.4) is 0 Å². The maximum Gasteiger partial charge on any atom is 0.253 e. The number of rotatable bonds is 4. The zero-order chi connectivity index (χ0) is 18.6. The highest BCUT2D eigenvalue weighted by Crippen LogP contribution is 2.20. The van der Waals surface area contributed by atoms with Gasteiger partial charge in [-0.2, -0.15) is 5.10 Å². The van der Waals surface area contributed by atoms with E-state index in [9.17, 15) is 4.79 Å².